The largest absolute Gasteiger partial charge is 0.504 e. The number of halogens is 2. The number of allylic oxidation sites excluding steroid dienone is 1. The summed E-state index contributed by atoms with van der Waals surface area (Å²) in [6.07, 6.45) is 19.1. The Labute approximate surface area is 302 Å². The molecule has 6 aliphatic rings. The van der Waals surface area contributed by atoms with Crippen molar-refractivity contribution in [3.63, 3.8) is 0 Å². The molecule has 0 radical (unpaired) electrons. The van der Waals surface area contributed by atoms with E-state index in [9.17, 15) is 13.6 Å². The molecular formula is C43H56F2O6. The van der Waals surface area contributed by atoms with E-state index in [-0.39, 0.29) is 29.8 Å². The van der Waals surface area contributed by atoms with Crippen LogP contribution in [0.2, 0.25) is 0 Å². The molecule has 2 heterocycles. The first kappa shape index (κ1) is 36.1. The Hall–Kier alpha value is -3.29. The molecule has 6 nitrogen and oxygen atoms in total. The van der Waals surface area contributed by atoms with Gasteiger partial charge in [0.25, 0.3) is 0 Å². The van der Waals surface area contributed by atoms with Crippen LogP contribution in [0, 0.1) is 41.2 Å². The molecule has 0 amide bonds. The van der Waals surface area contributed by atoms with Crippen LogP contribution in [0.5, 0.6) is 23.0 Å². The van der Waals surface area contributed by atoms with Crippen molar-refractivity contribution in [1.82, 2.24) is 0 Å². The Morgan fingerprint density at radius 3 is 1.59 bits per heavy atom. The van der Waals surface area contributed by atoms with Gasteiger partial charge in [-0.3, -0.25) is 0 Å². The summed E-state index contributed by atoms with van der Waals surface area (Å²) in [6.45, 7) is 4.65. The predicted molar refractivity (Wildman–Crippen MR) is 193 cm³/mol. The molecule has 2 aromatic rings. The second-order valence-electron chi connectivity index (χ2n) is 15.8. The molecule has 51 heavy (non-hydrogen) atoms. The Balaban J connectivity index is 0.000000159. The molecule has 0 bridgehead atoms. The standard InChI is InChI=1S/C22H29FO3.C21H27FO3/c1-3-25-19-11-10-18-17-9-8-16(12-20(17)26-22(18)21(19)23)15-6-4-14(5-7-15)13-24-2;1-2-24-18-10-9-17-16-8-7-15(11-19(16)25-21(17)20(18)22)14-5-3-13(12-23)4-6-14/h10-11,13,15-17,20H,3-9,12H2,1-2H3;9-10,12-16,19H,2-8,11H2,1H3/t15?,16-,17+,20-;13?,14?,15-,16+,19-/m11/s1. The zero-order valence-electron chi connectivity index (χ0n) is 30.7. The zero-order chi connectivity index (χ0) is 35.5. The Morgan fingerprint density at radius 1 is 0.667 bits per heavy atom. The van der Waals surface area contributed by atoms with Crippen molar-refractivity contribution in [3.8, 4) is 23.0 Å². The number of fused-ring (bicyclic) bond motifs is 6. The minimum Gasteiger partial charge on any atom is -0.504 e. The van der Waals surface area contributed by atoms with Gasteiger partial charge in [-0.05, 0) is 145 Å². The van der Waals surface area contributed by atoms with Gasteiger partial charge in [-0.25, -0.2) is 0 Å². The normalized spacial score (nSPS) is 32.0. The first-order valence-electron chi connectivity index (χ1n) is 19.8. The van der Waals surface area contributed by atoms with Crippen LogP contribution in [0.3, 0.4) is 0 Å². The van der Waals surface area contributed by atoms with Gasteiger partial charge in [0.2, 0.25) is 11.6 Å². The van der Waals surface area contributed by atoms with Crippen molar-refractivity contribution in [3.05, 3.63) is 58.9 Å². The fraction of sp³-hybridized carbons (Fsp3) is 0.651. The average Bonchev–Trinajstić information content (AvgIpc) is 3.73. The predicted octanol–water partition coefficient (Wildman–Crippen LogP) is 10.5. The molecule has 0 aromatic heterocycles. The molecule has 4 saturated carbocycles. The van der Waals surface area contributed by atoms with Gasteiger partial charge in [-0.15, -0.1) is 0 Å². The molecular weight excluding hydrogens is 650 g/mol. The fourth-order valence-corrected chi connectivity index (χ4v) is 10.4. The number of benzene rings is 2. The highest BCUT2D eigenvalue weighted by Gasteiger charge is 2.45. The van der Waals surface area contributed by atoms with E-state index in [0.717, 1.165) is 87.5 Å². The fourth-order valence-electron chi connectivity index (χ4n) is 10.4. The van der Waals surface area contributed by atoms with Crippen molar-refractivity contribution in [1.29, 1.82) is 0 Å². The van der Waals surface area contributed by atoms with Gasteiger partial charge >= 0.3 is 0 Å². The summed E-state index contributed by atoms with van der Waals surface area (Å²) in [5.74, 6) is 4.57. The lowest BCUT2D eigenvalue weighted by atomic mass is 9.68. The van der Waals surface area contributed by atoms with Crippen molar-refractivity contribution < 1.29 is 37.3 Å². The molecule has 8 heteroatoms. The summed E-state index contributed by atoms with van der Waals surface area (Å²) in [5.41, 5.74) is 3.50. The summed E-state index contributed by atoms with van der Waals surface area (Å²) >= 11 is 0. The molecule has 0 unspecified atom stereocenters. The van der Waals surface area contributed by atoms with Crippen LogP contribution in [-0.4, -0.2) is 38.8 Å². The monoisotopic (exact) mass is 706 g/mol. The van der Waals surface area contributed by atoms with Gasteiger partial charge in [-0.2, -0.15) is 8.78 Å². The Kier molecular flexibility index (Phi) is 11.4. The maximum atomic E-state index is 14.7. The van der Waals surface area contributed by atoms with Crippen molar-refractivity contribution >= 4 is 6.29 Å². The number of ether oxygens (including phenoxy) is 5. The van der Waals surface area contributed by atoms with Gasteiger partial charge in [0.05, 0.1) is 26.6 Å². The van der Waals surface area contributed by atoms with E-state index < -0.39 is 0 Å². The second-order valence-corrected chi connectivity index (χ2v) is 15.8. The molecule has 0 spiro atoms. The topological polar surface area (TPSA) is 63.2 Å². The van der Waals surface area contributed by atoms with E-state index in [1.165, 1.54) is 31.3 Å². The number of carbonyl (C=O) groups excluding carboxylic acids is 1. The third kappa shape index (κ3) is 7.48. The number of rotatable bonds is 8. The second kappa shape index (κ2) is 16.2. The van der Waals surface area contributed by atoms with Crippen molar-refractivity contribution in [2.24, 2.45) is 29.6 Å². The number of methoxy groups -OCH3 is 1. The quantitative estimate of drug-likeness (QED) is 0.201. The minimum atomic E-state index is -0.336. The van der Waals surface area contributed by atoms with Gasteiger partial charge in [0.1, 0.15) is 18.5 Å². The third-order valence-electron chi connectivity index (χ3n) is 13.1. The number of carbonyl (C=O) groups is 1. The van der Waals surface area contributed by atoms with Crippen LogP contribution in [0.15, 0.2) is 36.1 Å². The van der Waals surface area contributed by atoms with Crippen LogP contribution in [0.4, 0.5) is 8.78 Å². The van der Waals surface area contributed by atoms with E-state index in [0.29, 0.717) is 65.8 Å². The zero-order valence-corrected chi connectivity index (χ0v) is 30.7. The lowest BCUT2D eigenvalue weighted by Gasteiger charge is -2.38. The van der Waals surface area contributed by atoms with Gasteiger partial charge in [0, 0.05) is 28.9 Å². The molecule has 2 aliphatic heterocycles. The van der Waals surface area contributed by atoms with Crippen LogP contribution < -0.4 is 18.9 Å². The van der Waals surface area contributed by atoms with Crippen molar-refractivity contribution in [2.45, 2.75) is 128 Å². The number of aldehydes is 1. The molecule has 0 N–H and O–H groups in total. The van der Waals surface area contributed by atoms with E-state index in [4.69, 9.17) is 23.7 Å². The van der Waals surface area contributed by atoms with E-state index in [1.54, 1.807) is 19.2 Å². The van der Waals surface area contributed by atoms with Crippen LogP contribution in [-0.2, 0) is 9.53 Å². The Morgan fingerprint density at radius 2 is 1.14 bits per heavy atom. The third-order valence-corrected chi connectivity index (χ3v) is 13.1. The lowest BCUT2D eigenvalue weighted by Crippen LogP contribution is -2.33. The van der Waals surface area contributed by atoms with Crippen molar-refractivity contribution in [2.75, 3.05) is 20.3 Å². The molecule has 2 aromatic carbocycles. The molecule has 4 aliphatic carbocycles. The summed E-state index contributed by atoms with van der Waals surface area (Å²) < 4.78 is 57.5. The molecule has 278 valence electrons. The summed E-state index contributed by atoms with van der Waals surface area (Å²) in [7, 11) is 1.73. The van der Waals surface area contributed by atoms with Crippen LogP contribution >= 0.6 is 0 Å². The number of hydrogen-bond donors (Lipinski definition) is 0. The maximum absolute atomic E-state index is 14.7. The minimum absolute atomic E-state index is 0.101. The van der Waals surface area contributed by atoms with Crippen LogP contribution in [0.25, 0.3) is 0 Å². The highest BCUT2D eigenvalue weighted by Crippen LogP contribution is 2.53. The number of hydrogen-bond acceptors (Lipinski definition) is 6. The lowest BCUT2D eigenvalue weighted by molar-refractivity contribution is -0.112. The SMILES string of the molecule is CCOc1ccc2c(c1F)O[C@@H]1C[C@H](C3CCC(=COC)CC3)CC[C@@H]21.CCOc1ccc2c(c1F)O[C@@H]1C[C@H](C3CCC(C=O)CC3)CC[C@@H]21. The average molecular weight is 707 g/mol. The van der Waals surface area contributed by atoms with Crippen LogP contribution in [0.1, 0.15) is 127 Å². The van der Waals surface area contributed by atoms with Gasteiger partial charge in [0.15, 0.2) is 23.0 Å². The van der Waals surface area contributed by atoms with Gasteiger partial charge in [-0.1, -0.05) is 12.1 Å². The smallest absolute Gasteiger partial charge is 0.207 e. The summed E-state index contributed by atoms with van der Waals surface area (Å²) in [6, 6.07) is 7.51. The molecule has 6 atom stereocenters. The molecule has 0 saturated heterocycles. The van der Waals surface area contributed by atoms with E-state index in [2.05, 4.69) is 0 Å². The highest BCUT2D eigenvalue weighted by molar-refractivity contribution is 5.53. The first-order valence-corrected chi connectivity index (χ1v) is 19.8. The summed E-state index contributed by atoms with van der Waals surface area (Å²) in [5, 5.41) is 0. The summed E-state index contributed by atoms with van der Waals surface area (Å²) in [4.78, 5) is 11.0. The van der Waals surface area contributed by atoms with Gasteiger partial charge < -0.3 is 28.5 Å². The molecule has 4 fully saturated rings. The van der Waals surface area contributed by atoms with E-state index >= 15 is 0 Å². The molecule has 8 rings (SSSR count). The highest BCUT2D eigenvalue weighted by atomic mass is 19.1. The maximum Gasteiger partial charge on any atom is 0.207 e. The first-order chi connectivity index (χ1) is 24.9. The van der Waals surface area contributed by atoms with E-state index in [1.807, 2.05) is 32.2 Å². The Bertz CT molecular complexity index is 1540.